The van der Waals surface area contributed by atoms with Gasteiger partial charge in [-0.3, -0.25) is 14.8 Å². The number of aryl methyl sites for hydroxylation is 1. The highest BCUT2D eigenvalue weighted by Gasteiger charge is 2.52. The summed E-state index contributed by atoms with van der Waals surface area (Å²) >= 11 is 0. The van der Waals surface area contributed by atoms with Crippen molar-refractivity contribution >= 4 is 39.5 Å². The first-order valence-corrected chi connectivity index (χ1v) is 18.6. The number of rotatable bonds is 10. The van der Waals surface area contributed by atoms with Crippen molar-refractivity contribution in [3.8, 4) is 16.9 Å². The molecule has 1 aliphatic carbocycles. The Morgan fingerprint density at radius 1 is 1.02 bits per heavy atom. The number of hydrogen-bond acceptors (Lipinski definition) is 9. The van der Waals surface area contributed by atoms with Gasteiger partial charge in [0, 0.05) is 93.2 Å². The van der Waals surface area contributed by atoms with Gasteiger partial charge in [0.1, 0.15) is 11.3 Å². The fourth-order valence-electron chi connectivity index (χ4n) is 9.28. The van der Waals surface area contributed by atoms with Crippen molar-refractivity contribution < 1.29 is 27.4 Å². The molecule has 53 heavy (non-hydrogen) atoms. The fraction of sp³-hybridized carbons (Fsp3) is 0.538. The van der Waals surface area contributed by atoms with E-state index in [1.807, 2.05) is 24.0 Å². The van der Waals surface area contributed by atoms with Gasteiger partial charge in [-0.1, -0.05) is 12.6 Å². The summed E-state index contributed by atoms with van der Waals surface area (Å²) in [6.45, 7) is 12.1. The Kier molecular flexibility index (Phi) is 8.15. The highest BCUT2D eigenvalue weighted by Crippen LogP contribution is 2.54. The van der Waals surface area contributed by atoms with Crippen LogP contribution in [0, 0.1) is 17.8 Å². The lowest BCUT2D eigenvalue weighted by molar-refractivity contribution is -0.153. The minimum atomic E-state index is -4.55. The lowest BCUT2D eigenvalue weighted by atomic mass is 9.72. The Morgan fingerprint density at radius 2 is 1.77 bits per heavy atom. The van der Waals surface area contributed by atoms with Crippen LogP contribution in [0.3, 0.4) is 0 Å². The summed E-state index contributed by atoms with van der Waals surface area (Å²) in [5.41, 5.74) is 4.76. The minimum Gasteiger partial charge on any atom is -0.481 e. The lowest BCUT2D eigenvalue weighted by Crippen LogP contribution is -2.72. The van der Waals surface area contributed by atoms with E-state index in [0.717, 1.165) is 91.8 Å². The van der Waals surface area contributed by atoms with Crippen molar-refractivity contribution in [3.63, 3.8) is 0 Å². The van der Waals surface area contributed by atoms with Gasteiger partial charge in [-0.2, -0.15) is 23.3 Å². The van der Waals surface area contributed by atoms with Gasteiger partial charge in [0.05, 0.1) is 18.3 Å². The number of piperidine rings is 1. The van der Waals surface area contributed by atoms with E-state index in [1.54, 1.807) is 13.3 Å². The molecule has 5 fully saturated rings. The SMILES string of the molecule is C=CC(=O)N1CC2(CCN(c3nc(N4CC5(CN(CCOC)C5)C4)nc4c(OCC(F)(F)F)c(-c5c(C)ccc6[nH]ncc56)c(C5CC5)cc34)CC2)C1. The van der Waals surface area contributed by atoms with Gasteiger partial charge in [-0.25, -0.2) is 4.98 Å². The molecule has 2 spiro atoms. The van der Waals surface area contributed by atoms with Gasteiger partial charge in [0.25, 0.3) is 0 Å². The van der Waals surface area contributed by atoms with Gasteiger partial charge in [0.15, 0.2) is 12.4 Å². The fourth-order valence-corrected chi connectivity index (χ4v) is 9.28. The summed E-state index contributed by atoms with van der Waals surface area (Å²) in [4.78, 5) is 31.3. The number of methoxy groups -OCH3 is 1. The van der Waals surface area contributed by atoms with E-state index in [4.69, 9.17) is 19.4 Å². The van der Waals surface area contributed by atoms with E-state index < -0.39 is 12.8 Å². The van der Waals surface area contributed by atoms with Crippen molar-refractivity contribution in [1.29, 1.82) is 0 Å². The second kappa shape index (κ2) is 12.6. The molecule has 4 saturated heterocycles. The van der Waals surface area contributed by atoms with Gasteiger partial charge < -0.3 is 24.2 Å². The number of nitrogens with zero attached hydrogens (tertiary/aromatic N) is 7. The Morgan fingerprint density at radius 3 is 2.45 bits per heavy atom. The van der Waals surface area contributed by atoms with E-state index in [-0.39, 0.29) is 28.4 Å². The number of amides is 1. The van der Waals surface area contributed by atoms with Crippen LogP contribution >= 0.6 is 0 Å². The summed E-state index contributed by atoms with van der Waals surface area (Å²) in [6, 6.07) is 6.06. The minimum absolute atomic E-state index is 0.0405. The maximum atomic E-state index is 14.1. The maximum Gasteiger partial charge on any atom is 0.422 e. The Labute approximate surface area is 306 Å². The van der Waals surface area contributed by atoms with E-state index in [1.165, 1.54) is 6.08 Å². The summed E-state index contributed by atoms with van der Waals surface area (Å²) in [5, 5.41) is 8.88. The zero-order chi connectivity index (χ0) is 36.7. The first-order valence-electron chi connectivity index (χ1n) is 18.6. The Hall–Kier alpha value is -4.43. The average molecular weight is 731 g/mol. The molecule has 4 aromatic rings. The number of carbonyl (C=O) groups is 1. The number of alkyl halides is 3. The highest BCUT2D eigenvalue weighted by molar-refractivity contribution is 6.06. The molecular formula is C39H45F3N8O3. The number of aromatic amines is 1. The summed E-state index contributed by atoms with van der Waals surface area (Å²) in [5.74, 6) is 1.54. The van der Waals surface area contributed by atoms with Gasteiger partial charge in [0.2, 0.25) is 11.9 Å². The number of benzene rings is 2. The zero-order valence-corrected chi connectivity index (χ0v) is 30.3. The number of hydrogen-bond donors (Lipinski definition) is 1. The summed E-state index contributed by atoms with van der Waals surface area (Å²) in [7, 11) is 1.71. The van der Waals surface area contributed by atoms with Crippen LogP contribution in [0.5, 0.6) is 5.75 Å². The number of halogens is 3. The number of fused-ring (bicyclic) bond motifs is 2. The Bertz CT molecular complexity index is 2080. The van der Waals surface area contributed by atoms with Crippen LogP contribution in [0.2, 0.25) is 0 Å². The molecule has 0 unspecified atom stereocenters. The topological polar surface area (TPSA) is 103 Å². The van der Waals surface area contributed by atoms with Crippen molar-refractivity contribution in [1.82, 2.24) is 30.0 Å². The number of carbonyl (C=O) groups excluding carboxylic acids is 1. The molecule has 6 heterocycles. The van der Waals surface area contributed by atoms with Crippen LogP contribution in [-0.4, -0.2) is 121 Å². The third-order valence-corrected chi connectivity index (χ3v) is 12.2. The molecule has 9 rings (SSSR count). The molecule has 1 amide bonds. The smallest absolute Gasteiger partial charge is 0.422 e. The first-order chi connectivity index (χ1) is 25.5. The van der Waals surface area contributed by atoms with Gasteiger partial charge in [-0.05, 0) is 73.4 Å². The predicted octanol–water partition coefficient (Wildman–Crippen LogP) is 5.68. The molecular weight excluding hydrogens is 685 g/mol. The number of H-pyrrole nitrogens is 1. The van der Waals surface area contributed by atoms with Gasteiger partial charge in [-0.15, -0.1) is 0 Å². The second-order valence-corrected chi connectivity index (χ2v) is 16.1. The number of ether oxygens (including phenoxy) is 2. The largest absolute Gasteiger partial charge is 0.481 e. The Balaban J connectivity index is 1.16. The van der Waals surface area contributed by atoms with E-state index in [0.29, 0.717) is 55.2 Å². The summed E-state index contributed by atoms with van der Waals surface area (Å²) in [6.07, 6.45) is 2.20. The van der Waals surface area contributed by atoms with Crippen LogP contribution in [0.1, 0.15) is 42.7 Å². The summed E-state index contributed by atoms with van der Waals surface area (Å²) < 4.78 is 53.5. The molecule has 4 aliphatic heterocycles. The van der Waals surface area contributed by atoms with E-state index >= 15 is 0 Å². The highest BCUT2D eigenvalue weighted by atomic mass is 19.4. The van der Waals surface area contributed by atoms with Crippen molar-refractivity contribution in [2.45, 2.75) is 44.7 Å². The standard InChI is InChI=1S/C39H45F3N8O3/c1-4-30(51)49-19-37(20-49)9-11-48(12-10-37)35-27-15-26(25-6-7-25)32(31-24(2)5-8-29-28(31)16-43-46-29)34(53-23-39(40,41)42)33(27)44-36(45-35)50-21-38(22-50)17-47(18-38)13-14-52-3/h4-5,8,15-16,25H,1,6-7,9-14,17-23H2,2-3H3,(H,43,46). The first kappa shape index (κ1) is 34.3. The quantitative estimate of drug-likeness (QED) is 0.207. The molecule has 2 aromatic heterocycles. The maximum absolute atomic E-state index is 14.1. The van der Waals surface area contributed by atoms with Crippen LogP contribution in [0.15, 0.2) is 37.1 Å². The molecule has 2 aromatic carbocycles. The van der Waals surface area contributed by atoms with E-state index in [9.17, 15) is 18.0 Å². The van der Waals surface area contributed by atoms with Crippen molar-refractivity contribution in [3.05, 3.63) is 48.2 Å². The number of nitrogens with one attached hydrogen (secondary N) is 1. The number of likely N-dealkylation sites (tertiary alicyclic amines) is 2. The van der Waals surface area contributed by atoms with Crippen LogP contribution in [0.25, 0.3) is 32.9 Å². The van der Waals surface area contributed by atoms with Crippen LogP contribution in [0.4, 0.5) is 24.9 Å². The molecule has 280 valence electrons. The monoisotopic (exact) mass is 730 g/mol. The van der Waals surface area contributed by atoms with Crippen LogP contribution in [-0.2, 0) is 9.53 Å². The molecule has 1 N–H and O–H groups in total. The normalized spacial score (nSPS) is 20.9. The van der Waals surface area contributed by atoms with E-state index in [2.05, 4.69) is 37.5 Å². The van der Waals surface area contributed by atoms with Crippen LogP contribution < -0.4 is 14.5 Å². The molecule has 0 bridgehead atoms. The molecule has 5 aliphatic rings. The third-order valence-electron chi connectivity index (χ3n) is 12.2. The molecule has 0 atom stereocenters. The zero-order valence-electron chi connectivity index (χ0n) is 30.3. The number of aromatic nitrogens is 4. The molecule has 14 heteroatoms. The van der Waals surface area contributed by atoms with Gasteiger partial charge >= 0.3 is 6.18 Å². The molecule has 1 saturated carbocycles. The molecule has 11 nitrogen and oxygen atoms in total. The predicted molar refractivity (Wildman–Crippen MR) is 197 cm³/mol. The van der Waals surface area contributed by atoms with Crippen molar-refractivity contribution in [2.24, 2.45) is 10.8 Å². The molecule has 0 radical (unpaired) electrons. The lowest BCUT2D eigenvalue weighted by Gasteiger charge is -2.60. The second-order valence-electron chi connectivity index (χ2n) is 16.1. The van der Waals surface area contributed by atoms with Crippen molar-refractivity contribution in [2.75, 3.05) is 89.0 Å². The third kappa shape index (κ3) is 6.07. The number of anilines is 2. The average Bonchev–Trinajstić information content (AvgIpc) is 3.83.